The second-order valence-corrected chi connectivity index (χ2v) is 5.69. The van der Waals surface area contributed by atoms with Gasteiger partial charge in [0.25, 0.3) is 0 Å². The molecule has 0 aromatic rings. The average Bonchev–Trinajstić information content (AvgIpc) is 2.04. The molecular formula is C12H24O2. The van der Waals surface area contributed by atoms with Crippen LogP contribution in [-0.2, 0) is 0 Å². The van der Waals surface area contributed by atoms with Gasteiger partial charge in [-0.1, -0.05) is 27.7 Å². The molecule has 0 unspecified atom stereocenters. The van der Waals surface area contributed by atoms with Crippen LogP contribution in [0.1, 0.15) is 53.4 Å². The summed E-state index contributed by atoms with van der Waals surface area (Å²) in [5.41, 5.74) is -0.656. The fourth-order valence-electron chi connectivity index (χ4n) is 3.19. The lowest BCUT2D eigenvalue weighted by Crippen LogP contribution is -2.61. The Kier molecular flexibility index (Phi) is 2.99. The van der Waals surface area contributed by atoms with Crippen LogP contribution in [0.4, 0.5) is 0 Å². The van der Waals surface area contributed by atoms with Gasteiger partial charge in [-0.25, -0.2) is 0 Å². The fraction of sp³-hybridized carbons (Fsp3) is 1.00. The molecular weight excluding hydrogens is 176 g/mol. The highest BCUT2D eigenvalue weighted by atomic mass is 16.3. The second-order valence-electron chi connectivity index (χ2n) is 5.69. The largest absolute Gasteiger partial charge is 0.396 e. The fourth-order valence-corrected chi connectivity index (χ4v) is 3.19. The van der Waals surface area contributed by atoms with E-state index in [1.807, 2.05) is 0 Å². The van der Waals surface area contributed by atoms with Crippen LogP contribution in [0.2, 0.25) is 0 Å². The van der Waals surface area contributed by atoms with Crippen molar-refractivity contribution in [2.75, 3.05) is 6.61 Å². The Morgan fingerprint density at radius 3 is 1.79 bits per heavy atom. The summed E-state index contributed by atoms with van der Waals surface area (Å²) >= 11 is 0. The SMILES string of the molecule is CCC(CC)(CO)C1(O)CC(C)(C)C1. The molecule has 0 bridgehead atoms. The average molecular weight is 200 g/mol. The van der Waals surface area contributed by atoms with Crippen LogP contribution >= 0.6 is 0 Å². The zero-order valence-electron chi connectivity index (χ0n) is 9.93. The zero-order chi connectivity index (χ0) is 11.0. The van der Waals surface area contributed by atoms with Gasteiger partial charge in [0, 0.05) is 5.41 Å². The van der Waals surface area contributed by atoms with E-state index in [-0.39, 0.29) is 17.4 Å². The minimum Gasteiger partial charge on any atom is -0.396 e. The van der Waals surface area contributed by atoms with Crippen molar-refractivity contribution in [3.05, 3.63) is 0 Å². The quantitative estimate of drug-likeness (QED) is 0.731. The van der Waals surface area contributed by atoms with Gasteiger partial charge in [-0.2, -0.15) is 0 Å². The number of rotatable bonds is 4. The van der Waals surface area contributed by atoms with Crippen molar-refractivity contribution in [2.45, 2.75) is 59.0 Å². The van der Waals surface area contributed by atoms with Crippen LogP contribution in [0.3, 0.4) is 0 Å². The molecule has 0 saturated heterocycles. The van der Waals surface area contributed by atoms with Gasteiger partial charge in [0.1, 0.15) is 0 Å². The maximum Gasteiger partial charge on any atom is 0.0735 e. The lowest BCUT2D eigenvalue weighted by molar-refractivity contribution is -0.209. The standard InChI is InChI=1S/C12H24O2/c1-5-11(6-2,9-13)12(14)7-10(3,4)8-12/h13-14H,5-9H2,1-4H3. The predicted molar refractivity (Wildman–Crippen MR) is 58.1 cm³/mol. The van der Waals surface area contributed by atoms with Gasteiger partial charge in [-0.15, -0.1) is 0 Å². The van der Waals surface area contributed by atoms with Crippen molar-refractivity contribution in [1.82, 2.24) is 0 Å². The van der Waals surface area contributed by atoms with Crippen molar-refractivity contribution >= 4 is 0 Å². The maximum absolute atomic E-state index is 10.5. The highest BCUT2D eigenvalue weighted by Crippen LogP contribution is 2.58. The minimum absolute atomic E-state index is 0.104. The molecule has 0 atom stereocenters. The summed E-state index contributed by atoms with van der Waals surface area (Å²) in [6, 6.07) is 0. The van der Waals surface area contributed by atoms with Crippen molar-refractivity contribution in [3.8, 4) is 0 Å². The monoisotopic (exact) mass is 200 g/mol. The number of hydrogen-bond donors (Lipinski definition) is 2. The van der Waals surface area contributed by atoms with Crippen LogP contribution in [0.25, 0.3) is 0 Å². The molecule has 0 heterocycles. The van der Waals surface area contributed by atoms with Gasteiger partial charge in [0.15, 0.2) is 0 Å². The summed E-state index contributed by atoms with van der Waals surface area (Å²) in [5, 5.41) is 20.0. The third-order valence-electron chi connectivity index (χ3n) is 4.19. The molecule has 1 aliphatic carbocycles. The van der Waals surface area contributed by atoms with E-state index in [0.717, 1.165) is 25.7 Å². The van der Waals surface area contributed by atoms with Crippen molar-refractivity contribution in [3.63, 3.8) is 0 Å². The summed E-state index contributed by atoms with van der Waals surface area (Å²) in [4.78, 5) is 0. The van der Waals surface area contributed by atoms with Crippen LogP contribution in [0.5, 0.6) is 0 Å². The molecule has 1 aliphatic rings. The van der Waals surface area contributed by atoms with E-state index in [4.69, 9.17) is 0 Å². The van der Waals surface area contributed by atoms with Crippen LogP contribution in [0, 0.1) is 10.8 Å². The van der Waals surface area contributed by atoms with Gasteiger partial charge in [-0.3, -0.25) is 0 Å². The van der Waals surface area contributed by atoms with E-state index in [9.17, 15) is 10.2 Å². The summed E-state index contributed by atoms with van der Waals surface area (Å²) in [6.45, 7) is 8.57. The highest BCUT2D eigenvalue weighted by molar-refractivity contribution is 5.09. The lowest BCUT2D eigenvalue weighted by Gasteiger charge is -2.59. The molecule has 2 N–H and O–H groups in total. The molecule has 2 heteroatoms. The Morgan fingerprint density at radius 1 is 1.14 bits per heavy atom. The van der Waals surface area contributed by atoms with Crippen LogP contribution < -0.4 is 0 Å². The minimum atomic E-state index is -0.630. The molecule has 14 heavy (non-hydrogen) atoms. The molecule has 0 radical (unpaired) electrons. The summed E-state index contributed by atoms with van der Waals surface area (Å²) in [7, 11) is 0. The summed E-state index contributed by atoms with van der Waals surface area (Å²) < 4.78 is 0. The highest BCUT2D eigenvalue weighted by Gasteiger charge is 2.58. The Bertz CT molecular complexity index is 188. The van der Waals surface area contributed by atoms with Crippen LogP contribution in [0.15, 0.2) is 0 Å². The van der Waals surface area contributed by atoms with Crippen LogP contribution in [-0.4, -0.2) is 22.4 Å². The normalized spacial score (nSPS) is 24.4. The zero-order valence-corrected chi connectivity index (χ0v) is 9.93. The summed E-state index contributed by atoms with van der Waals surface area (Å²) in [5.74, 6) is 0. The number of hydrogen-bond acceptors (Lipinski definition) is 2. The molecule has 0 amide bonds. The number of aliphatic hydroxyl groups excluding tert-OH is 1. The molecule has 0 aromatic carbocycles. The van der Waals surface area contributed by atoms with E-state index in [1.165, 1.54) is 0 Å². The summed E-state index contributed by atoms with van der Waals surface area (Å²) in [6.07, 6.45) is 3.35. The Hall–Kier alpha value is -0.0800. The first-order valence-corrected chi connectivity index (χ1v) is 5.68. The lowest BCUT2D eigenvalue weighted by atomic mass is 9.50. The third kappa shape index (κ3) is 1.59. The van der Waals surface area contributed by atoms with E-state index in [0.29, 0.717) is 0 Å². The van der Waals surface area contributed by atoms with E-state index >= 15 is 0 Å². The van der Waals surface area contributed by atoms with E-state index in [2.05, 4.69) is 27.7 Å². The first kappa shape index (κ1) is 12.0. The van der Waals surface area contributed by atoms with Crippen molar-refractivity contribution in [1.29, 1.82) is 0 Å². The molecule has 1 fully saturated rings. The first-order valence-electron chi connectivity index (χ1n) is 5.68. The van der Waals surface area contributed by atoms with Crippen molar-refractivity contribution in [2.24, 2.45) is 10.8 Å². The van der Waals surface area contributed by atoms with Gasteiger partial charge >= 0.3 is 0 Å². The smallest absolute Gasteiger partial charge is 0.0735 e. The third-order valence-corrected chi connectivity index (χ3v) is 4.19. The molecule has 0 spiro atoms. The molecule has 0 aliphatic heterocycles. The Morgan fingerprint density at radius 2 is 1.57 bits per heavy atom. The molecule has 0 aromatic heterocycles. The van der Waals surface area contributed by atoms with Gasteiger partial charge in [-0.05, 0) is 31.1 Å². The first-order chi connectivity index (χ1) is 6.35. The van der Waals surface area contributed by atoms with Gasteiger partial charge < -0.3 is 10.2 Å². The number of aliphatic hydroxyl groups is 2. The Labute approximate surface area is 87.3 Å². The topological polar surface area (TPSA) is 40.5 Å². The Balaban J connectivity index is 2.81. The maximum atomic E-state index is 10.5. The van der Waals surface area contributed by atoms with Gasteiger partial charge in [0.2, 0.25) is 0 Å². The molecule has 1 rings (SSSR count). The molecule has 84 valence electrons. The molecule has 2 nitrogen and oxygen atoms in total. The van der Waals surface area contributed by atoms with E-state index < -0.39 is 5.60 Å². The van der Waals surface area contributed by atoms with Gasteiger partial charge in [0.05, 0.1) is 12.2 Å². The van der Waals surface area contributed by atoms with E-state index in [1.54, 1.807) is 0 Å². The predicted octanol–water partition coefficient (Wildman–Crippen LogP) is 2.34. The molecule has 1 saturated carbocycles. The second kappa shape index (κ2) is 3.49. The van der Waals surface area contributed by atoms with Crippen molar-refractivity contribution < 1.29 is 10.2 Å².